The molecule has 3 rings (SSSR count). The number of rotatable bonds is 5. The first kappa shape index (κ1) is 26.0. The number of carbonyl (C=O) groups is 1. The van der Waals surface area contributed by atoms with E-state index in [1.165, 1.54) is 24.4 Å². The lowest BCUT2D eigenvalue weighted by Crippen LogP contribution is -2.26. The van der Waals surface area contributed by atoms with Gasteiger partial charge in [0.15, 0.2) is 0 Å². The van der Waals surface area contributed by atoms with Gasteiger partial charge >= 0.3 is 18.5 Å². The molecule has 2 aromatic carbocycles. The lowest BCUT2D eigenvalue weighted by atomic mass is 9.96. The van der Waals surface area contributed by atoms with Crippen molar-refractivity contribution < 1.29 is 44.3 Å². The van der Waals surface area contributed by atoms with Crippen molar-refractivity contribution in [2.24, 2.45) is 0 Å². The topological polar surface area (TPSA) is 42.0 Å². The molecule has 0 saturated heterocycles. The maximum Gasteiger partial charge on any atom is 0.417 e. The summed E-state index contributed by atoms with van der Waals surface area (Å²) < 4.78 is 118. The molecular formula is C23H15F9N2O. The first-order valence-electron chi connectivity index (χ1n) is 9.85. The Balaban J connectivity index is 1.84. The van der Waals surface area contributed by atoms with Gasteiger partial charge in [0.25, 0.3) is 5.91 Å². The van der Waals surface area contributed by atoms with Crippen LogP contribution in [0.4, 0.5) is 39.5 Å². The van der Waals surface area contributed by atoms with Crippen molar-refractivity contribution in [1.29, 1.82) is 0 Å². The normalized spacial score (nSPS) is 12.5. The van der Waals surface area contributed by atoms with Crippen LogP contribution in [0.5, 0.6) is 0 Å². The van der Waals surface area contributed by atoms with E-state index in [-0.39, 0.29) is 34.9 Å². The SMILES string of the molecule is O=C(NCCc1cc(C(F)(F)F)cc(C(F)(F)F)c1)c1cnccc1-c1ccccc1C(F)(F)F. The molecule has 0 saturated carbocycles. The predicted molar refractivity (Wildman–Crippen MR) is 107 cm³/mol. The van der Waals surface area contributed by atoms with Gasteiger partial charge in [0, 0.05) is 18.9 Å². The van der Waals surface area contributed by atoms with E-state index >= 15 is 0 Å². The first-order valence-corrected chi connectivity index (χ1v) is 9.85. The Bertz CT molecular complexity index is 1180. The summed E-state index contributed by atoms with van der Waals surface area (Å²) in [6, 6.07) is 6.78. The number of hydrogen-bond donors (Lipinski definition) is 1. The monoisotopic (exact) mass is 506 g/mol. The minimum absolute atomic E-state index is 0.0118. The van der Waals surface area contributed by atoms with Gasteiger partial charge in [-0.3, -0.25) is 9.78 Å². The van der Waals surface area contributed by atoms with Crippen molar-refractivity contribution in [3.05, 3.63) is 88.7 Å². The van der Waals surface area contributed by atoms with Gasteiger partial charge in [-0.1, -0.05) is 18.2 Å². The molecule has 0 spiro atoms. The van der Waals surface area contributed by atoms with E-state index < -0.39 is 47.5 Å². The maximum atomic E-state index is 13.4. The minimum atomic E-state index is -5.02. The van der Waals surface area contributed by atoms with Crippen LogP contribution < -0.4 is 5.32 Å². The third-order valence-corrected chi connectivity index (χ3v) is 4.94. The number of nitrogens with zero attached hydrogens (tertiary/aromatic N) is 1. The molecule has 0 bridgehead atoms. The second-order valence-corrected chi connectivity index (χ2v) is 7.38. The second kappa shape index (κ2) is 9.59. The Kier molecular flexibility index (Phi) is 7.13. The molecule has 0 aliphatic rings. The van der Waals surface area contributed by atoms with Gasteiger partial charge in [-0.2, -0.15) is 39.5 Å². The summed E-state index contributed by atoms with van der Waals surface area (Å²) in [4.78, 5) is 16.4. The van der Waals surface area contributed by atoms with Gasteiger partial charge in [-0.25, -0.2) is 0 Å². The molecule has 12 heteroatoms. The number of aromatic nitrogens is 1. The Labute approximate surface area is 192 Å². The largest absolute Gasteiger partial charge is 0.417 e. The molecule has 186 valence electrons. The van der Waals surface area contributed by atoms with E-state index in [4.69, 9.17) is 0 Å². The van der Waals surface area contributed by atoms with Gasteiger partial charge in [-0.05, 0) is 53.4 Å². The quantitative estimate of drug-likeness (QED) is 0.388. The Morgan fingerprint density at radius 1 is 0.771 bits per heavy atom. The lowest BCUT2D eigenvalue weighted by Gasteiger charge is -2.16. The van der Waals surface area contributed by atoms with E-state index in [0.717, 1.165) is 18.3 Å². The number of halogens is 9. The summed E-state index contributed by atoms with van der Waals surface area (Å²) in [6.07, 6.45) is -12.9. The molecule has 0 radical (unpaired) electrons. The molecule has 1 amide bonds. The fraction of sp³-hybridized carbons (Fsp3) is 0.217. The Hall–Kier alpha value is -3.57. The molecule has 0 aliphatic carbocycles. The zero-order chi connectivity index (χ0) is 26.0. The number of pyridine rings is 1. The molecule has 0 unspecified atom stereocenters. The summed E-state index contributed by atoms with van der Waals surface area (Å²) >= 11 is 0. The van der Waals surface area contributed by atoms with Crippen LogP contribution >= 0.6 is 0 Å². The van der Waals surface area contributed by atoms with Gasteiger partial charge in [0.05, 0.1) is 22.3 Å². The molecule has 1 N–H and O–H groups in total. The summed E-state index contributed by atoms with van der Waals surface area (Å²) in [6.45, 7) is -0.382. The predicted octanol–water partition coefficient (Wildman–Crippen LogP) is 6.78. The zero-order valence-electron chi connectivity index (χ0n) is 17.4. The van der Waals surface area contributed by atoms with E-state index in [1.807, 2.05) is 0 Å². The Morgan fingerprint density at radius 3 is 1.94 bits per heavy atom. The molecule has 3 nitrogen and oxygen atoms in total. The molecule has 1 heterocycles. The minimum Gasteiger partial charge on any atom is -0.352 e. The van der Waals surface area contributed by atoms with Gasteiger partial charge < -0.3 is 5.32 Å². The average molecular weight is 506 g/mol. The van der Waals surface area contributed by atoms with Crippen LogP contribution in [-0.4, -0.2) is 17.4 Å². The first-order chi connectivity index (χ1) is 16.2. The summed E-state index contributed by atoms with van der Waals surface area (Å²) in [5, 5.41) is 2.31. The summed E-state index contributed by atoms with van der Waals surface area (Å²) in [5.41, 5.74) is -4.95. The molecule has 35 heavy (non-hydrogen) atoms. The molecule has 1 aromatic heterocycles. The van der Waals surface area contributed by atoms with Crippen LogP contribution in [0, 0.1) is 0 Å². The number of amides is 1. The fourth-order valence-corrected chi connectivity index (χ4v) is 3.35. The standard InChI is InChI=1S/C23H15F9N2O/c24-21(25,26)14-9-13(10-15(11-14)22(27,28)29)5-8-34-20(35)18-12-33-7-6-16(18)17-3-1-2-4-19(17)23(30,31)32/h1-4,6-7,9-12H,5,8H2,(H,34,35). The van der Waals surface area contributed by atoms with Crippen LogP contribution in [0.15, 0.2) is 60.9 Å². The molecular weight excluding hydrogens is 491 g/mol. The van der Waals surface area contributed by atoms with E-state index in [2.05, 4.69) is 10.3 Å². The number of nitrogens with one attached hydrogen (secondary N) is 1. The molecule has 0 fully saturated rings. The van der Waals surface area contributed by atoms with Crippen molar-refractivity contribution in [2.75, 3.05) is 6.54 Å². The van der Waals surface area contributed by atoms with Crippen molar-refractivity contribution in [3.63, 3.8) is 0 Å². The van der Waals surface area contributed by atoms with E-state index in [1.54, 1.807) is 0 Å². The van der Waals surface area contributed by atoms with Crippen molar-refractivity contribution in [2.45, 2.75) is 24.9 Å². The maximum absolute atomic E-state index is 13.4. The van der Waals surface area contributed by atoms with Crippen LogP contribution in [-0.2, 0) is 24.9 Å². The van der Waals surface area contributed by atoms with Crippen LogP contribution in [0.25, 0.3) is 11.1 Å². The van der Waals surface area contributed by atoms with E-state index in [9.17, 15) is 44.3 Å². The second-order valence-electron chi connectivity index (χ2n) is 7.38. The summed E-state index contributed by atoms with van der Waals surface area (Å²) in [7, 11) is 0. The fourth-order valence-electron chi connectivity index (χ4n) is 3.35. The van der Waals surface area contributed by atoms with Crippen LogP contribution in [0.3, 0.4) is 0 Å². The third kappa shape index (κ3) is 6.31. The molecule has 3 aromatic rings. The molecule has 0 aliphatic heterocycles. The lowest BCUT2D eigenvalue weighted by molar-refractivity contribution is -0.143. The highest BCUT2D eigenvalue weighted by Gasteiger charge is 2.37. The van der Waals surface area contributed by atoms with Crippen molar-refractivity contribution in [1.82, 2.24) is 10.3 Å². The van der Waals surface area contributed by atoms with Gasteiger partial charge in [0.2, 0.25) is 0 Å². The number of alkyl halides is 9. The van der Waals surface area contributed by atoms with Crippen molar-refractivity contribution >= 4 is 5.91 Å². The smallest absolute Gasteiger partial charge is 0.352 e. The van der Waals surface area contributed by atoms with Crippen LogP contribution in [0.2, 0.25) is 0 Å². The average Bonchev–Trinajstić information content (AvgIpc) is 2.77. The number of benzene rings is 2. The van der Waals surface area contributed by atoms with Gasteiger partial charge in [0.1, 0.15) is 0 Å². The summed E-state index contributed by atoms with van der Waals surface area (Å²) in [5.74, 6) is -0.895. The zero-order valence-corrected chi connectivity index (χ0v) is 17.4. The molecule has 0 atom stereocenters. The van der Waals surface area contributed by atoms with Gasteiger partial charge in [-0.15, -0.1) is 0 Å². The van der Waals surface area contributed by atoms with Crippen LogP contribution in [0.1, 0.15) is 32.6 Å². The highest BCUT2D eigenvalue weighted by Crippen LogP contribution is 2.38. The van der Waals surface area contributed by atoms with E-state index in [0.29, 0.717) is 12.1 Å². The van der Waals surface area contributed by atoms with Crippen molar-refractivity contribution in [3.8, 4) is 11.1 Å². The number of carbonyl (C=O) groups excluding carboxylic acids is 1. The number of hydrogen-bond acceptors (Lipinski definition) is 2. The third-order valence-electron chi connectivity index (χ3n) is 4.94. The highest BCUT2D eigenvalue weighted by atomic mass is 19.4. The Morgan fingerprint density at radius 2 is 1.37 bits per heavy atom. The highest BCUT2D eigenvalue weighted by molar-refractivity contribution is 6.00.